The van der Waals surface area contributed by atoms with Gasteiger partial charge in [0.15, 0.2) is 0 Å². The molecule has 2 rings (SSSR count). The summed E-state index contributed by atoms with van der Waals surface area (Å²) in [6, 6.07) is 2.62. The number of carbonyl (C=O) groups excluding carboxylic acids is 1. The van der Waals surface area contributed by atoms with E-state index in [2.05, 4.69) is 20.4 Å². The van der Waals surface area contributed by atoms with Gasteiger partial charge in [-0.15, -0.1) is 0 Å². The fourth-order valence-corrected chi connectivity index (χ4v) is 1.28. The van der Waals surface area contributed by atoms with Crippen molar-refractivity contribution in [2.45, 2.75) is 6.54 Å². The molecule has 0 saturated heterocycles. The lowest BCUT2D eigenvalue weighted by Gasteiger charge is -2.04. The van der Waals surface area contributed by atoms with Crippen LogP contribution < -0.4 is 5.32 Å². The highest BCUT2D eigenvalue weighted by Crippen LogP contribution is 2.06. The molecule has 0 unspecified atom stereocenters. The van der Waals surface area contributed by atoms with Gasteiger partial charge in [0.2, 0.25) is 5.91 Å². The third-order valence-electron chi connectivity index (χ3n) is 2.05. The molecule has 2 aromatic heterocycles. The average molecular weight is 247 g/mol. The molecule has 0 atom stereocenters. The number of carbonyl (C=O) groups is 2. The predicted molar refractivity (Wildman–Crippen MR) is 59.8 cm³/mol. The molecule has 8 heteroatoms. The molecule has 18 heavy (non-hydrogen) atoms. The van der Waals surface area contributed by atoms with Crippen LogP contribution in [-0.4, -0.2) is 36.7 Å². The Morgan fingerprint density at radius 2 is 2.28 bits per heavy atom. The van der Waals surface area contributed by atoms with Gasteiger partial charge in [-0.1, -0.05) is 0 Å². The summed E-state index contributed by atoms with van der Waals surface area (Å²) in [4.78, 5) is 29.9. The van der Waals surface area contributed by atoms with E-state index in [4.69, 9.17) is 5.11 Å². The van der Waals surface area contributed by atoms with Crippen LogP contribution in [0.25, 0.3) is 0 Å². The van der Waals surface area contributed by atoms with Gasteiger partial charge in [0, 0.05) is 6.20 Å². The highest BCUT2D eigenvalue weighted by atomic mass is 16.4. The van der Waals surface area contributed by atoms with Crippen LogP contribution in [0.2, 0.25) is 0 Å². The van der Waals surface area contributed by atoms with Crippen LogP contribution in [0.1, 0.15) is 10.4 Å². The molecule has 1 amide bonds. The van der Waals surface area contributed by atoms with Gasteiger partial charge in [0.05, 0.1) is 5.56 Å². The molecule has 0 aliphatic carbocycles. The van der Waals surface area contributed by atoms with Crippen molar-refractivity contribution in [1.82, 2.24) is 19.7 Å². The molecule has 2 N–H and O–H groups in total. The maximum Gasteiger partial charge on any atom is 0.335 e. The highest BCUT2D eigenvalue weighted by molar-refractivity contribution is 5.92. The zero-order valence-electron chi connectivity index (χ0n) is 9.15. The van der Waals surface area contributed by atoms with Gasteiger partial charge >= 0.3 is 5.97 Å². The fraction of sp³-hybridized carbons (Fsp3) is 0.100. The Bertz CT molecular complexity index is 567. The van der Waals surface area contributed by atoms with E-state index in [1.807, 2.05) is 0 Å². The molecule has 2 heterocycles. The third-order valence-corrected chi connectivity index (χ3v) is 2.05. The topological polar surface area (TPSA) is 110 Å². The smallest absolute Gasteiger partial charge is 0.335 e. The maximum atomic E-state index is 11.6. The molecule has 0 spiro atoms. The molecule has 0 fully saturated rings. The van der Waals surface area contributed by atoms with Crippen LogP contribution in [0.4, 0.5) is 5.82 Å². The van der Waals surface area contributed by atoms with E-state index in [1.165, 1.54) is 35.7 Å². The van der Waals surface area contributed by atoms with Crippen LogP contribution in [0.3, 0.4) is 0 Å². The summed E-state index contributed by atoms with van der Waals surface area (Å²) >= 11 is 0. The Hall–Kier alpha value is -2.77. The van der Waals surface area contributed by atoms with Crippen molar-refractivity contribution in [1.29, 1.82) is 0 Å². The molecule has 0 bridgehead atoms. The minimum Gasteiger partial charge on any atom is -0.478 e. The van der Waals surface area contributed by atoms with Crippen molar-refractivity contribution in [2.24, 2.45) is 0 Å². The molecule has 0 saturated carbocycles. The summed E-state index contributed by atoms with van der Waals surface area (Å²) < 4.78 is 1.34. The Morgan fingerprint density at radius 3 is 2.94 bits per heavy atom. The second-order valence-electron chi connectivity index (χ2n) is 3.38. The van der Waals surface area contributed by atoms with Gasteiger partial charge in [-0.3, -0.25) is 4.79 Å². The number of hydrogen-bond acceptors (Lipinski definition) is 5. The first-order valence-corrected chi connectivity index (χ1v) is 4.97. The molecule has 0 aromatic carbocycles. The number of nitrogens with zero attached hydrogens (tertiary/aromatic N) is 4. The second-order valence-corrected chi connectivity index (χ2v) is 3.38. The zero-order valence-corrected chi connectivity index (χ0v) is 9.15. The van der Waals surface area contributed by atoms with Crippen molar-refractivity contribution < 1.29 is 14.7 Å². The number of rotatable bonds is 4. The minimum absolute atomic E-state index is 0.0149. The summed E-state index contributed by atoms with van der Waals surface area (Å²) in [5.41, 5.74) is 0.0565. The first kappa shape index (κ1) is 11.7. The molecule has 0 aliphatic heterocycles. The largest absolute Gasteiger partial charge is 0.478 e. The van der Waals surface area contributed by atoms with Gasteiger partial charge in [-0.25, -0.2) is 19.4 Å². The normalized spacial score (nSPS) is 10.0. The van der Waals surface area contributed by atoms with Crippen molar-refractivity contribution in [3.8, 4) is 0 Å². The summed E-state index contributed by atoms with van der Waals surface area (Å²) in [7, 11) is 0. The number of nitrogens with one attached hydrogen (secondary N) is 1. The number of anilines is 1. The monoisotopic (exact) mass is 247 g/mol. The minimum atomic E-state index is -1.08. The molecule has 0 aliphatic rings. The number of carboxylic acids is 1. The average Bonchev–Trinajstić information content (AvgIpc) is 2.82. The van der Waals surface area contributed by atoms with Crippen LogP contribution in [0, 0.1) is 0 Å². The fourth-order valence-electron chi connectivity index (χ4n) is 1.28. The lowest BCUT2D eigenvalue weighted by molar-refractivity contribution is -0.116. The van der Waals surface area contributed by atoms with Gasteiger partial charge in [0.1, 0.15) is 25.0 Å². The van der Waals surface area contributed by atoms with Crippen molar-refractivity contribution in [3.05, 3.63) is 36.5 Å². The quantitative estimate of drug-likeness (QED) is 0.787. The molecular formula is C10H9N5O3. The molecule has 0 radical (unpaired) electrons. The van der Waals surface area contributed by atoms with Crippen LogP contribution in [-0.2, 0) is 11.3 Å². The van der Waals surface area contributed by atoms with E-state index in [9.17, 15) is 9.59 Å². The lowest BCUT2D eigenvalue weighted by atomic mass is 10.2. The van der Waals surface area contributed by atoms with Crippen LogP contribution in [0.15, 0.2) is 31.0 Å². The summed E-state index contributed by atoms with van der Waals surface area (Å²) in [5.74, 6) is -1.26. The van der Waals surface area contributed by atoms with Gasteiger partial charge in [-0.05, 0) is 12.1 Å². The number of pyridine rings is 1. The number of amides is 1. The Labute approximate surface area is 101 Å². The molecule has 2 aromatic rings. The molecule has 8 nitrogen and oxygen atoms in total. The number of aromatic nitrogens is 4. The van der Waals surface area contributed by atoms with E-state index >= 15 is 0 Å². The van der Waals surface area contributed by atoms with E-state index in [-0.39, 0.29) is 23.8 Å². The van der Waals surface area contributed by atoms with E-state index in [1.54, 1.807) is 0 Å². The van der Waals surface area contributed by atoms with Crippen LogP contribution >= 0.6 is 0 Å². The van der Waals surface area contributed by atoms with E-state index < -0.39 is 5.97 Å². The maximum absolute atomic E-state index is 11.6. The summed E-state index contributed by atoms with van der Waals surface area (Å²) in [6.07, 6.45) is 4.03. The first-order valence-electron chi connectivity index (χ1n) is 4.97. The molecular weight excluding hydrogens is 238 g/mol. The van der Waals surface area contributed by atoms with Gasteiger partial charge < -0.3 is 10.4 Å². The lowest BCUT2D eigenvalue weighted by Crippen LogP contribution is -2.19. The molecule has 92 valence electrons. The van der Waals surface area contributed by atoms with Crippen molar-refractivity contribution in [3.63, 3.8) is 0 Å². The third kappa shape index (κ3) is 2.88. The Kier molecular flexibility index (Phi) is 3.28. The SMILES string of the molecule is O=C(Cn1cncn1)Nc1cc(C(=O)O)ccn1. The Balaban J connectivity index is 2.03. The number of hydrogen-bond donors (Lipinski definition) is 2. The predicted octanol–water partition coefficient (Wildman–Crippen LogP) is 0.01000. The second kappa shape index (κ2) is 5.04. The zero-order chi connectivity index (χ0) is 13.0. The Morgan fingerprint density at radius 1 is 1.44 bits per heavy atom. The van der Waals surface area contributed by atoms with Crippen LogP contribution in [0.5, 0.6) is 0 Å². The standard InChI is InChI=1S/C10H9N5O3/c16-9(4-15-6-11-5-13-15)14-8-3-7(10(17)18)1-2-12-8/h1-3,5-6H,4H2,(H,17,18)(H,12,14,16). The number of aromatic carboxylic acids is 1. The van der Waals surface area contributed by atoms with Gasteiger partial charge in [0.25, 0.3) is 0 Å². The first-order chi connectivity index (χ1) is 8.65. The van der Waals surface area contributed by atoms with Crippen molar-refractivity contribution in [2.75, 3.05) is 5.32 Å². The van der Waals surface area contributed by atoms with E-state index in [0.717, 1.165) is 0 Å². The van der Waals surface area contributed by atoms with Gasteiger partial charge in [-0.2, -0.15) is 5.10 Å². The highest BCUT2D eigenvalue weighted by Gasteiger charge is 2.08. The summed E-state index contributed by atoms with van der Waals surface area (Å²) in [5, 5.41) is 15.0. The number of carboxylic acid groups (broad SMARTS) is 1. The van der Waals surface area contributed by atoms with E-state index in [0.29, 0.717) is 0 Å². The summed E-state index contributed by atoms with van der Waals surface area (Å²) in [6.45, 7) is -0.0149. The van der Waals surface area contributed by atoms with Crippen molar-refractivity contribution >= 4 is 17.7 Å².